The summed E-state index contributed by atoms with van der Waals surface area (Å²) in [5.74, 6) is 1.86. The van der Waals surface area contributed by atoms with E-state index in [0.29, 0.717) is 36.0 Å². The molecule has 0 aromatic carbocycles. The molecule has 0 radical (unpaired) electrons. The van der Waals surface area contributed by atoms with Gasteiger partial charge in [0.15, 0.2) is 5.82 Å². The van der Waals surface area contributed by atoms with Crippen LogP contribution < -0.4 is 10.2 Å². The zero-order chi connectivity index (χ0) is 14.7. The van der Waals surface area contributed by atoms with Crippen LogP contribution in [0.15, 0.2) is 11.4 Å². The molecule has 3 heterocycles. The molecule has 112 valence electrons. The van der Waals surface area contributed by atoms with E-state index in [4.69, 9.17) is 16.3 Å². The molecule has 0 atom stereocenters. The topological polar surface area (TPSA) is 63.2 Å². The van der Waals surface area contributed by atoms with Gasteiger partial charge >= 0.3 is 0 Å². The van der Waals surface area contributed by atoms with Gasteiger partial charge in [0.25, 0.3) is 0 Å². The molecule has 1 aliphatic rings. The molecule has 0 saturated carbocycles. The van der Waals surface area contributed by atoms with E-state index in [0.717, 1.165) is 24.5 Å². The standard InChI is InChI=1S/C13H16ClN5OS/c1-2-15-12-16-11(10-9(14)3-8-21-10)17-13(18-12)19-4-6-20-7-5-19/h3,8H,2,4-7H2,1H3,(H,15,16,17,18). The number of nitrogens with one attached hydrogen (secondary N) is 1. The van der Waals surface area contributed by atoms with E-state index in [1.54, 1.807) is 0 Å². The van der Waals surface area contributed by atoms with Crippen LogP contribution in [0.2, 0.25) is 5.02 Å². The number of hydrogen-bond donors (Lipinski definition) is 1. The first-order valence-corrected chi connectivity index (χ1v) is 8.09. The van der Waals surface area contributed by atoms with E-state index in [1.807, 2.05) is 18.4 Å². The Morgan fingerprint density at radius 2 is 2.14 bits per heavy atom. The van der Waals surface area contributed by atoms with Gasteiger partial charge in [0, 0.05) is 19.6 Å². The highest BCUT2D eigenvalue weighted by molar-refractivity contribution is 7.14. The smallest absolute Gasteiger partial charge is 0.230 e. The Balaban J connectivity index is 1.99. The minimum atomic E-state index is 0.577. The van der Waals surface area contributed by atoms with Crippen molar-refractivity contribution < 1.29 is 4.74 Å². The van der Waals surface area contributed by atoms with Crippen molar-refractivity contribution in [2.45, 2.75) is 6.92 Å². The van der Waals surface area contributed by atoms with Crippen molar-refractivity contribution in [2.75, 3.05) is 43.1 Å². The maximum absolute atomic E-state index is 6.20. The number of morpholine rings is 1. The first-order valence-electron chi connectivity index (χ1n) is 6.84. The Morgan fingerprint density at radius 1 is 1.33 bits per heavy atom. The fourth-order valence-electron chi connectivity index (χ4n) is 2.06. The second-order valence-corrected chi connectivity index (χ2v) is 5.83. The largest absolute Gasteiger partial charge is 0.378 e. The molecule has 1 saturated heterocycles. The highest BCUT2D eigenvalue weighted by atomic mass is 35.5. The number of hydrogen-bond acceptors (Lipinski definition) is 7. The first kappa shape index (κ1) is 14.5. The van der Waals surface area contributed by atoms with Crippen LogP contribution in [0.4, 0.5) is 11.9 Å². The quantitative estimate of drug-likeness (QED) is 0.932. The average Bonchev–Trinajstić information content (AvgIpc) is 2.94. The predicted octanol–water partition coefficient (Wildman–Crippen LogP) is 2.52. The number of ether oxygens (including phenoxy) is 1. The van der Waals surface area contributed by atoms with E-state index in [9.17, 15) is 0 Å². The lowest BCUT2D eigenvalue weighted by atomic mass is 10.4. The molecular weight excluding hydrogens is 310 g/mol. The van der Waals surface area contributed by atoms with Crippen LogP contribution in [-0.2, 0) is 4.74 Å². The van der Waals surface area contributed by atoms with Crippen LogP contribution in [0.25, 0.3) is 10.7 Å². The number of anilines is 2. The predicted molar refractivity (Wildman–Crippen MR) is 85.3 cm³/mol. The molecule has 1 fully saturated rings. The first-order chi connectivity index (χ1) is 10.3. The Morgan fingerprint density at radius 3 is 2.81 bits per heavy atom. The molecule has 0 spiro atoms. The van der Waals surface area contributed by atoms with E-state index in [1.165, 1.54) is 11.3 Å². The van der Waals surface area contributed by atoms with Gasteiger partial charge in [-0.1, -0.05) is 11.6 Å². The van der Waals surface area contributed by atoms with Gasteiger partial charge < -0.3 is 15.0 Å². The second-order valence-electron chi connectivity index (χ2n) is 4.51. The third-order valence-corrected chi connectivity index (χ3v) is 4.41. The molecule has 1 N–H and O–H groups in total. The lowest BCUT2D eigenvalue weighted by molar-refractivity contribution is 0.122. The molecule has 3 rings (SSSR count). The average molecular weight is 326 g/mol. The summed E-state index contributed by atoms with van der Waals surface area (Å²) in [6, 6.07) is 1.85. The molecule has 0 aliphatic carbocycles. The van der Waals surface area contributed by atoms with Crippen molar-refractivity contribution in [3.05, 3.63) is 16.5 Å². The van der Waals surface area contributed by atoms with Crippen molar-refractivity contribution in [2.24, 2.45) is 0 Å². The molecule has 21 heavy (non-hydrogen) atoms. The molecule has 0 amide bonds. The van der Waals surface area contributed by atoms with Gasteiger partial charge in [0.2, 0.25) is 11.9 Å². The lowest BCUT2D eigenvalue weighted by Gasteiger charge is -2.27. The minimum absolute atomic E-state index is 0.577. The number of thiophene rings is 1. The van der Waals surface area contributed by atoms with Crippen LogP contribution in [0.5, 0.6) is 0 Å². The zero-order valence-electron chi connectivity index (χ0n) is 11.7. The summed E-state index contributed by atoms with van der Waals surface area (Å²) in [5.41, 5.74) is 0. The Labute approximate surface area is 132 Å². The summed E-state index contributed by atoms with van der Waals surface area (Å²) in [7, 11) is 0. The van der Waals surface area contributed by atoms with Gasteiger partial charge in [0.1, 0.15) is 0 Å². The lowest BCUT2D eigenvalue weighted by Crippen LogP contribution is -2.37. The second kappa shape index (κ2) is 6.55. The van der Waals surface area contributed by atoms with E-state index < -0.39 is 0 Å². The van der Waals surface area contributed by atoms with Crippen LogP contribution >= 0.6 is 22.9 Å². The van der Waals surface area contributed by atoms with Gasteiger partial charge in [-0.15, -0.1) is 11.3 Å². The van der Waals surface area contributed by atoms with E-state index >= 15 is 0 Å². The number of nitrogens with zero attached hydrogens (tertiary/aromatic N) is 4. The van der Waals surface area contributed by atoms with Gasteiger partial charge in [-0.25, -0.2) is 0 Å². The maximum atomic E-state index is 6.20. The third kappa shape index (κ3) is 3.25. The molecule has 0 bridgehead atoms. The van der Waals surface area contributed by atoms with Gasteiger partial charge in [-0.2, -0.15) is 15.0 Å². The normalized spacial score (nSPS) is 15.2. The Bertz CT molecular complexity index is 614. The van der Waals surface area contributed by atoms with Crippen LogP contribution in [0, 0.1) is 0 Å². The van der Waals surface area contributed by atoms with Gasteiger partial charge in [-0.3, -0.25) is 0 Å². The number of aromatic nitrogens is 3. The van der Waals surface area contributed by atoms with Crippen molar-refractivity contribution in [1.29, 1.82) is 0 Å². The van der Waals surface area contributed by atoms with E-state index in [-0.39, 0.29) is 0 Å². The molecule has 2 aromatic heterocycles. The molecule has 2 aromatic rings. The maximum Gasteiger partial charge on any atom is 0.230 e. The van der Waals surface area contributed by atoms with Crippen molar-refractivity contribution in [3.63, 3.8) is 0 Å². The summed E-state index contributed by atoms with van der Waals surface area (Å²) in [5, 5.41) is 5.75. The molecule has 6 nitrogen and oxygen atoms in total. The summed E-state index contributed by atoms with van der Waals surface area (Å²) in [6.07, 6.45) is 0. The molecular formula is C13H16ClN5OS. The molecule has 8 heteroatoms. The monoisotopic (exact) mass is 325 g/mol. The Hall–Kier alpha value is -1.44. The van der Waals surface area contributed by atoms with Gasteiger partial charge in [0.05, 0.1) is 23.1 Å². The van der Waals surface area contributed by atoms with Crippen LogP contribution in [-0.4, -0.2) is 47.8 Å². The van der Waals surface area contributed by atoms with Crippen LogP contribution in [0.3, 0.4) is 0 Å². The van der Waals surface area contributed by atoms with Crippen molar-refractivity contribution >= 4 is 34.8 Å². The third-order valence-electron chi connectivity index (χ3n) is 3.07. The van der Waals surface area contributed by atoms with E-state index in [2.05, 4.69) is 25.2 Å². The Kier molecular flexibility index (Phi) is 4.52. The fraction of sp³-hybridized carbons (Fsp3) is 0.462. The summed E-state index contributed by atoms with van der Waals surface area (Å²) < 4.78 is 5.37. The number of rotatable bonds is 4. The van der Waals surface area contributed by atoms with Crippen molar-refractivity contribution in [1.82, 2.24) is 15.0 Å². The SMILES string of the molecule is CCNc1nc(-c2sccc2Cl)nc(N2CCOCC2)n1. The van der Waals surface area contributed by atoms with Gasteiger partial charge in [-0.05, 0) is 18.4 Å². The summed E-state index contributed by atoms with van der Waals surface area (Å²) >= 11 is 7.73. The number of halogens is 1. The summed E-state index contributed by atoms with van der Waals surface area (Å²) in [6.45, 7) is 5.72. The highest BCUT2D eigenvalue weighted by Gasteiger charge is 2.18. The molecule has 1 aliphatic heterocycles. The zero-order valence-corrected chi connectivity index (χ0v) is 13.2. The highest BCUT2D eigenvalue weighted by Crippen LogP contribution is 2.32. The van der Waals surface area contributed by atoms with Crippen molar-refractivity contribution in [3.8, 4) is 10.7 Å². The summed E-state index contributed by atoms with van der Waals surface area (Å²) in [4.78, 5) is 16.5. The fourth-order valence-corrected chi connectivity index (χ4v) is 3.13. The minimum Gasteiger partial charge on any atom is -0.378 e. The van der Waals surface area contributed by atoms with Crippen LogP contribution in [0.1, 0.15) is 6.92 Å². The molecule has 0 unspecified atom stereocenters.